The zero-order valence-electron chi connectivity index (χ0n) is 19.2. The molecular formula is C26H21F3N4O4. The van der Waals surface area contributed by atoms with E-state index in [9.17, 15) is 18.0 Å². The molecule has 0 fully saturated rings. The summed E-state index contributed by atoms with van der Waals surface area (Å²) in [6.45, 7) is 0. The van der Waals surface area contributed by atoms with Gasteiger partial charge in [-0.15, -0.1) is 0 Å². The summed E-state index contributed by atoms with van der Waals surface area (Å²) in [5.74, 6) is -0.587. The second-order valence-corrected chi connectivity index (χ2v) is 7.99. The lowest BCUT2D eigenvalue weighted by Crippen LogP contribution is -2.32. The van der Waals surface area contributed by atoms with Crippen LogP contribution >= 0.6 is 0 Å². The van der Waals surface area contributed by atoms with Gasteiger partial charge in [-0.05, 0) is 36.2 Å². The number of aromatic nitrogens is 3. The molecule has 2 aromatic heterocycles. The van der Waals surface area contributed by atoms with Gasteiger partial charge in [-0.1, -0.05) is 36.4 Å². The Morgan fingerprint density at radius 3 is 2.35 bits per heavy atom. The van der Waals surface area contributed by atoms with Crippen LogP contribution in [0.1, 0.15) is 17.2 Å². The third-order valence-corrected chi connectivity index (χ3v) is 5.25. The van der Waals surface area contributed by atoms with E-state index in [0.717, 1.165) is 6.33 Å². The first kappa shape index (κ1) is 25.6. The van der Waals surface area contributed by atoms with Crippen LogP contribution in [0.5, 0.6) is 17.4 Å². The molecule has 2 aromatic carbocycles. The average Bonchev–Trinajstić information content (AvgIpc) is 2.88. The highest BCUT2D eigenvalue weighted by Gasteiger charge is 2.43. The van der Waals surface area contributed by atoms with E-state index in [4.69, 9.17) is 20.3 Å². The molecule has 4 rings (SSSR count). The number of pyridine rings is 1. The number of carbonyl (C=O) groups is 1. The Hall–Kier alpha value is -4.51. The Kier molecular flexibility index (Phi) is 7.63. The van der Waals surface area contributed by atoms with Gasteiger partial charge >= 0.3 is 12.1 Å². The number of benzene rings is 2. The van der Waals surface area contributed by atoms with E-state index in [2.05, 4.69) is 15.0 Å². The molecule has 190 valence electrons. The largest absolute Gasteiger partial charge is 0.480 e. The molecule has 37 heavy (non-hydrogen) atoms. The standard InChI is InChI=1S/C26H21F3N4O4/c27-26(28,29)24(18-7-9-19(10-8-18)36-20-2-1-11-31-14-20)37-23-13-22(32-15-33-23)17-5-3-16(4-6-17)12-21(30)25(34)35/h1-11,13-15,21,24H,12,30H2,(H,34,35)/t21?,24-/m0/s1. The molecule has 3 N–H and O–H groups in total. The van der Waals surface area contributed by atoms with Crippen molar-refractivity contribution in [1.82, 2.24) is 15.0 Å². The van der Waals surface area contributed by atoms with E-state index in [1.54, 1.807) is 42.6 Å². The van der Waals surface area contributed by atoms with Crippen LogP contribution in [0.15, 0.2) is 85.5 Å². The molecule has 0 radical (unpaired) electrons. The van der Waals surface area contributed by atoms with E-state index in [1.165, 1.54) is 36.5 Å². The first-order valence-corrected chi connectivity index (χ1v) is 11.0. The number of rotatable bonds is 9. The number of alkyl halides is 3. The molecule has 0 aliphatic carbocycles. The normalized spacial score (nSPS) is 13.0. The van der Waals surface area contributed by atoms with Crippen molar-refractivity contribution in [3.63, 3.8) is 0 Å². The quantitative estimate of drug-likeness (QED) is 0.324. The summed E-state index contributed by atoms with van der Waals surface area (Å²) in [6, 6.07) is 15.7. The molecule has 11 heteroatoms. The third-order valence-electron chi connectivity index (χ3n) is 5.25. The molecule has 8 nitrogen and oxygen atoms in total. The Labute approximate surface area is 209 Å². The summed E-state index contributed by atoms with van der Waals surface area (Å²) in [5, 5.41) is 8.95. The van der Waals surface area contributed by atoms with Crippen molar-refractivity contribution < 1.29 is 32.5 Å². The number of hydrogen-bond donors (Lipinski definition) is 2. The summed E-state index contributed by atoms with van der Waals surface area (Å²) in [7, 11) is 0. The molecular weight excluding hydrogens is 489 g/mol. The number of nitrogens with two attached hydrogens (primary N) is 1. The van der Waals surface area contributed by atoms with Gasteiger partial charge in [-0.3, -0.25) is 9.78 Å². The Morgan fingerprint density at radius 1 is 1.00 bits per heavy atom. The highest BCUT2D eigenvalue weighted by atomic mass is 19.4. The highest BCUT2D eigenvalue weighted by Crippen LogP contribution is 2.37. The Bertz CT molecular complexity index is 1330. The third kappa shape index (κ3) is 6.79. The van der Waals surface area contributed by atoms with Crippen LogP contribution in [0.2, 0.25) is 0 Å². The van der Waals surface area contributed by atoms with E-state index in [0.29, 0.717) is 28.3 Å². The maximum atomic E-state index is 13.9. The predicted octanol–water partition coefficient (Wildman–Crippen LogP) is 4.97. The first-order chi connectivity index (χ1) is 17.7. The van der Waals surface area contributed by atoms with Crippen LogP contribution in [-0.4, -0.2) is 38.2 Å². The molecule has 0 bridgehead atoms. The first-order valence-electron chi connectivity index (χ1n) is 11.0. The lowest BCUT2D eigenvalue weighted by Gasteiger charge is -2.22. The van der Waals surface area contributed by atoms with Gasteiger partial charge in [0.15, 0.2) is 0 Å². The van der Waals surface area contributed by atoms with Crippen LogP contribution in [0, 0.1) is 0 Å². The van der Waals surface area contributed by atoms with Crippen LogP contribution < -0.4 is 15.2 Å². The second kappa shape index (κ2) is 11.0. The molecule has 0 aliphatic heterocycles. The highest BCUT2D eigenvalue weighted by molar-refractivity contribution is 5.73. The van der Waals surface area contributed by atoms with E-state index < -0.39 is 24.3 Å². The van der Waals surface area contributed by atoms with Crippen molar-refractivity contribution in [2.45, 2.75) is 24.7 Å². The van der Waals surface area contributed by atoms with Crippen molar-refractivity contribution in [3.8, 4) is 28.6 Å². The molecule has 1 unspecified atom stereocenters. The molecule has 2 heterocycles. The van der Waals surface area contributed by atoms with Gasteiger partial charge in [0.1, 0.15) is 23.9 Å². The fourth-order valence-corrected chi connectivity index (χ4v) is 3.41. The second-order valence-electron chi connectivity index (χ2n) is 7.99. The van der Waals surface area contributed by atoms with Gasteiger partial charge in [0, 0.05) is 23.4 Å². The zero-order valence-corrected chi connectivity index (χ0v) is 19.2. The van der Waals surface area contributed by atoms with Crippen molar-refractivity contribution >= 4 is 5.97 Å². The summed E-state index contributed by atoms with van der Waals surface area (Å²) >= 11 is 0. The fourth-order valence-electron chi connectivity index (χ4n) is 3.41. The smallest absolute Gasteiger partial charge is 0.429 e. The van der Waals surface area contributed by atoms with Crippen LogP contribution in [0.25, 0.3) is 11.3 Å². The summed E-state index contributed by atoms with van der Waals surface area (Å²) < 4.78 is 52.6. The van der Waals surface area contributed by atoms with Gasteiger partial charge in [-0.2, -0.15) is 13.2 Å². The SMILES string of the molecule is NC(Cc1ccc(-c2cc(O[C@@H](c3ccc(Oc4cccnc4)cc3)C(F)(F)F)ncn2)cc1)C(=O)O. The van der Waals surface area contributed by atoms with Crippen LogP contribution in [0.3, 0.4) is 0 Å². The fraction of sp³-hybridized carbons (Fsp3) is 0.154. The lowest BCUT2D eigenvalue weighted by atomic mass is 10.0. The monoisotopic (exact) mass is 510 g/mol. The lowest BCUT2D eigenvalue weighted by molar-refractivity contribution is -0.198. The molecule has 0 amide bonds. The van der Waals surface area contributed by atoms with Gasteiger partial charge < -0.3 is 20.3 Å². The summed E-state index contributed by atoms with van der Waals surface area (Å²) in [6.07, 6.45) is -2.69. The van der Waals surface area contributed by atoms with Gasteiger partial charge in [0.05, 0.1) is 11.9 Å². The number of aliphatic carboxylic acids is 1. The van der Waals surface area contributed by atoms with Gasteiger partial charge in [0.25, 0.3) is 0 Å². The molecule has 4 aromatic rings. The minimum absolute atomic E-state index is 0.132. The summed E-state index contributed by atoms with van der Waals surface area (Å²) in [5.41, 5.74) is 7.03. The number of nitrogens with zero attached hydrogens (tertiary/aromatic N) is 3. The van der Waals surface area contributed by atoms with Crippen molar-refractivity contribution in [2.75, 3.05) is 0 Å². The minimum atomic E-state index is -4.72. The van der Waals surface area contributed by atoms with Crippen molar-refractivity contribution in [2.24, 2.45) is 5.73 Å². The molecule has 0 aliphatic rings. The average molecular weight is 510 g/mol. The molecule has 0 saturated carbocycles. The van der Waals surface area contributed by atoms with Gasteiger partial charge in [0.2, 0.25) is 12.0 Å². The Morgan fingerprint density at radius 2 is 1.73 bits per heavy atom. The van der Waals surface area contributed by atoms with Crippen molar-refractivity contribution in [1.29, 1.82) is 0 Å². The summed E-state index contributed by atoms with van der Waals surface area (Å²) in [4.78, 5) is 22.8. The molecule has 0 spiro atoms. The van der Waals surface area contributed by atoms with Crippen LogP contribution in [-0.2, 0) is 11.2 Å². The van der Waals surface area contributed by atoms with E-state index >= 15 is 0 Å². The number of ether oxygens (including phenoxy) is 2. The molecule has 2 atom stereocenters. The predicted molar refractivity (Wildman–Crippen MR) is 127 cm³/mol. The number of carboxylic acid groups (broad SMARTS) is 1. The van der Waals surface area contributed by atoms with Gasteiger partial charge in [-0.25, -0.2) is 9.97 Å². The zero-order chi connectivity index (χ0) is 26.4. The number of carboxylic acids is 1. The van der Waals surface area contributed by atoms with E-state index in [-0.39, 0.29) is 17.9 Å². The van der Waals surface area contributed by atoms with Crippen LogP contribution in [0.4, 0.5) is 13.2 Å². The maximum Gasteiger partial charge on any atom is 0.429 e. The Balaban J connectivity index is 1.50. The molecule has 0 saturated heterocycles. The number of halogens is 3. The maximum absolute atomic E-state index is 13.9. The number of hydrogen-bond acceptors (Lipinski definition) is 7. The topological polar surface area (TPSA) is 120 Å². The minimum Gasteiger partial charge on any atom is -0.480 e. The van der Waals surface area contributed by atoms with E-state index in [1.807, 2.05) is 0 Å². The van der Waals surface area contributed by atoms with Crippen molar-refractivity contribution in [3.05, 3.63) is 96.6 Å².